The molecule has 3 rings (SSSR count). The number of rotatable bonds is 5. The Morgan fingerprint density at radius 2 is 1.86 bits per heavy atom. The van der Waals surface area contributed by atoms with Crippen molar-refractivity contribution in [3.05, 3.63) is 65.3 Å². The number of nitrogens with one attached hydrogen (secondary N) is 3. The molecular formula is C18H16ClN5O5. The normalized spacial score (nSPS) is 11.5. The molecule has 0 saturated heterocycles. The number of carbonyl (C=O) groups excluding carboxylic acids is 3. The van der Waals surface area contributed by atoms with E-state index in [2.05, 4.69) is 21.3 Å². The lowest BCUT2D eigenvalue weighted by atomic mass is 10.3. The van der Waals surface area contributed by atoms with Gasteiger partial charge < -0.3 is 14.8 Å². The minimum atomic E-state index is -0.965. The quantitative estimate of drug-likeness (QED) is 0.463. The van der Waals surface area contributed by atoms with Gasteiger partial charge in [0.05, 0.1) is 18.1 Å². The second-order valence-electron chi connectivity index (χ2n) is 5.90. The Hall–Kier alpha value is -3.79. The molecule has 2 aromatic heterocycles. The summed E-state index contributed by atoms with van der Waals surface area (Å²) < 4.78 is 6.22. The number of hydrogen-bond acceptors (Lipinski definition) is 6. The highest BCUT2D eigenvalue weighted by Gasteiger charge is 2.21. The minimum Gasteiger partial charge on any atom is -0.504 e. The summed E-state index contributed by atoms with van der Waals surface area (Å²) >= 11 is 5.83. The van der Waals surface area contributed by atoms with Crippen molar-refractivity contribution in [1.82, 2.24) is 25.9 Å². The second-order valence-corrected chi connectivity index (χ2v) is 6.34. The summed E-state index contributed by atoms with van der Waals surface area (Å²) in [6.45, 7) is 1.43. The number of nitrogens with zero attached hydrogens (tertiary/aromatic N) is 2. The minimum absolute atomic E-state index is 0.0475. The van der Waals surface area contributed by atoms with Crippen molar-refractivity contribution in [2.75, 3.05) is 0 Å². The maximum atomic E-state index is 12.2. The Bertz CT molecular complexity index is 1030. The number of aromatic nitrogens is 2. The van der Waals surface area contributed by atoms with Crippen LogP contribution in [0.15, 0.2) is 53.3 Å². The highest BCUT2D eigenvalue weighted by Crippen LogP contribution is 2.19. The predicted molar refractivity (Wildman–Crippen MR) is 101 cm³/mol. The van der Waals surface area contributed by atoms with Crippen molar-refractivity contribution >= 4 is 29.3 Å². The Labute approximate surface area is 169 Å². The smallest absolute Gasteiger partial charge is 0.294 e. The van der Waals surface area contributed by atoms with Crippen molar-refractivity contribution in [1.29, 1.82) is 0 Å². The van der Waals surface area contributed by atoms with Crippen LogP contribution < -0.4 is 16.2 Å². The van der Waals surface area contributed by atoms with Gasteiger partial charge in [0.25, 0.3) is 17.7 Å². The zero-order valence-electron chi connectivity index (χ0n) is 15.0. The fraction of sp³-hybridized carbons (Fsp3) is 0.111. The topological polar surface area (TPSA) is 138 Å². The van der Waals surface area contributed by atoms with E-state index in [1.807, 2.05) is 0 Å². The van der Waals surface area contributed by atoms with Crippen LogP contribution in [0.2, 0.25) is 5.02 Å². The number of aromatic hydroxyl groups is 1. The highest BCUT2D eigenvalue weighted by molar-refractivity contribution is 6.30. The standard InChI is InChI=1S/C18H16ClN5O5/c1-10(20-17(27)14-3-2-8-29-14)16(26)21-22-18(28)15-13(25)9-24(23-15)12-6-4-11(19)5-7-12/h2-10,25H,1H3,(H,20,27)(H,21,26)(H,22,28)/t10-/m0/s1. The predicted octanol–water partition coefficient (Wildman–Crippen LogP) is 1.40. The summed E-state index contributed by atoms with van der Waals surface area (Å²) in [6.07, 6.45) is 2.57. The molecule has 1 aromatic carbocycles. The van der Waals surface area contributed by atoms with Gasteiger partial charge in [-0.05, 0) is 43.3 Å². The maximum Gasteiger partial charge on any atom is 0.294 e. The average Bonchev–Trinajstić information content (AvgIpc) is 3.36. The fourth-order valence-electron chi connectivity index (χ4n) is 2.28. The van der Waals surface area contributed by atoms with Gasteiger partial charge in [-0.15, -0.1) is 0 Å². The molecule has 0 radical (unpaired) electrons. The molecule has 10 nitrogen and oxygen atoms in total. The van der Waals surface area contributed by atoms with Gasteiger partial charge in [0, 0.05) is 5.02 Å². The molecule has 0 aliphatic heterocycles. The molecule has 2 heterocycles. The van der Waals surface area contributed by atoms with Crippen LogP contribution in [-0.2, 0) is 4.79 Å². The van der Waals surface area contributed by atoms with E-state index in [-0.39, 0.29) is 17.2 Å². The molecule has 0 aliphatic carbocycles. The Balaban J connectivity index is 1.58. The van der Waals surface area contributed by atoms with E-state index < -0.39 is 23.8 Å². The lowest BCUT2D eigenvalue weighted by molar-refractivity contribution is -0.123. The Kier molecular flexibility index (Phi) is 5.84. The maximum absolute atomic E-state index is 12.2. The van der Waals surface area contributed by atoms with Crippen LogP contribution in [0.25, 0.3) is 5.69 Å². The zero-order chi connectivity index (χ0) is 21.0. The van der Waals surface area contributed by atoms with Crippen LogP contribution in [0.5, 0.6) is 5.75 Å². The summed E-state index contributed by atoms with van der Waals surface area (Å²) in [5.41, 5.74) is 4.56. The third-order valence-corrected chi connectivity index (χ3v) is 4.04. The highest BCUT2D eigenvalue weighted by atomic mass is 35.5. The molecule has 0 aliphatic rings. The molecule has 29 heavy (non-hydrogen) atoms. The molecule has 0 spiro atoms. The van der Waals surface area contributed by atoms with Crippen LogP contribution in [-0.4, -0.2) is 38.7 Å². The van der Waals surface area contributed by atoms with Gasteiger partial charge in [-0.3, -0.25) is 25.2 Å². The number of halogens is 1. The third kappa shape index (κ3) is 4.74. The first kappa shape index (κ1) is 20.0. The first-order valence-electron chi connectivity index (χ1n) is 8.34. The molecule has 11 heteroatoms. The fourth-order valence-corrected chi connectivity index (χ4v) is 2.41. The third-order valence-electron chi connectivity index (χ3n) is 3.79. The van der Waals surface area contributed by atoms with Gasteiger partial charge in [0.15, 0.2) is 17.2 Å². The summed E-state index contributed by atoms with van der Waals surface area (Å²) in [6, 6.07) is 8.59. The van der Waals surface area contributed by atoms with Crippen LogP contribution >= 0.6 is 11.6 Å². The monoisotopic (exact) mass is 417 g/mol. The molecule has 0 saturated carbocycles. The van der Waals surface area contributed by atoms with Crippen molar-refractivity contribution in [3.8, 4) is 11.4 Å². The molecule has 1 atom stereocenters. The van der Waals surface area contributed by atoms with Crippen molar-refractivity contribution in [2.45, 2.75) is 13.0 Å². The van der Waals surface area contributed by atoms with Crippen molar-refractivity contribution < 1.29 is 23.9 Å². The van der Waals surface area contributed by atoms with E-state index in [0.29, 0.717) is 10.7 Å². The first-order chi connectivity index (χ1) is 13.8. The number of hydrogen-bond donors (Lipinski definition) is 4. The second kappa shape index (κ2) is 8.48. The molecule has 150 valence electrons. The van der Waals surface area contributed by atoms with Gasteiger partial charge in [-0.25, -0.2) is 4.68 Å². The van der Waals surface area contributed by atoms with E-state index >= 15 is 0 Å². The number of furan rings is 1. The molecule has 0 unspecified atom stereocenters. The van der Waals surface area contributed by atoms with Crippen LogP contribution in [0.4, 0.5) is 0 Å². The van der Waals surface area contributed by atoms with Gasteiger partial charge in [0.1, 0.15) is 6.04 Å². The van der Waals surface area contributed by atoms with E-state index in [9.17, 15) is 19.5 Å². The molecule has 4 N–H and O–H groups in total. The van der Waals surface area contributed by atoms with E-state index in [1.165, 1.54) is 36.2 Å². The molecule has 0 bridgehead atoms. The van der Waals surface area contributed by atoms with Crippen molar-refractivity contribution in [2.24, 2.45) is 0 Å². The van der Waals surface area contributed by atoms with Gasteiger partial charge >= 0.3 is 0 Å². The summed E-state index contributed by atoms with van der Waals surface area (Å²) in [7, 11) is 0. The van der Waals surface area contributed by atoms with Gasteiger partial charge in [0.2, 0.25) is 0 Å². The van der Waals surface area contributed by atoms with Crippen LogP contribution in [0.3, 0.4) is 0 Å². The number of benzene rings is 1. The SMILES string of the molecule is C[C@H](NC(=O)c1ccco1)C(=O)NNC(=O)c1nn(-c2ccc(Cl)cc2)cc1O. The van der Waals surface area contributed by atoms with E-state index in [1.54, 1.807) is 24.3 Å². The number of hydrazine groups is 1. The molecular weight excluding hydrogens is 402 g/mol. The van der Waals surface area contributed by atoms with Gasteiger partial charge in [-0.1, -0.05) is 11.6 Å². The lowest BCUT2D eigenvalue weighted by Gasteiger charge is -2.13. The van der Waals surface area contributed by atoms with Crippen molar-refractivity contribution in [3.63, 3.8) is 0 Å². The first-order valence-corrected chi connectivity index (χ1v) is 8.72. The van der Waals surface area contributed by atoms with E-state index in [4.69, 9.17) is 16.0 Å². The molecule has 3 aromatic rings. The van der Waals surface area contributed by atoms with Crippen LogP contribution in [0.1, 0.15) is 28.0 Å². The molecule has 3 amide bonds. The summed E-state index contributed by atoms with van der Waals surface area (Å²) in [4.78, 5) is 36.1. The summed E-state index contributed by atoms with van der Waals surface area (Å²) in [5, 5.41) is 16.9. The van der Waals surface area contributed by atoms with E-state index in [0.717, 1.165) is 0 Å². The average molecular weight is 418 g/mol. The van der Waals surface area contributed by atoms with Crippen LogP contribution in [0, 0.1) is 0 Å². The van der Waals surface area contributed by atoms with Gasteiger partial charge in [-0.2, -0.15) is 5.10 Å². The largest absolute Gasteiger partial charge is 0.504 e. The number of carbonyl (C=O) groups is 3. The number of amides is 3. The Morgan fingerprint density at radius 1 is 1.14 bits per heavy atom. The molecule has 0 fully saturated rings. The Morgan fingerprint density at radius 3 is 2.52 bits per heavy atom. The summed E-state index contributed by atoms with van der Waals surface area (Å²) in [5.74, 6) is -2.44. The lowest BCUT2D eigenvalue weighted by Crippen LogP contribution is -2.51. The zero-order valence-corrected chi connectivity index (χ0v) is 15.8.